The molecule has 0 saturated heterocycles. The van der Waals surface area contributed by atoms with Gasteiger partial charge >= 0.3 is 0 Å². The molecular weight excluding hydrogens is 392 g/mol. The van der Waals surface area contributed by atoms with E-state index in [1.165, 1.54) is 10.9 Å². The molecule has 1 aromatic heterocycles. The van der Waals surface area contributed by atoms with Crippen molar-refractivity contribution >= 4 is 38.2 Å². The van der Waals surface area contributed by atoms with Crippen LogP contribution in [0, 0.1) is 5.92 Å². The van der Waals surface area contributed by atoms with Gasteiger partial charge in [-0.05, 0) is 79.5 Å². The molecule has 0 aliphatic heterocycles. The molecule has 0 radical (unpaired) electrons. The summed E-state index contributed by atoms with van der Waals surface area (Å²) < 4.78 is 27.7. The van der Waals surface area contributed by atoms with Gasteiger partial charge in [0.05, 0.1) is 11.3 Å². The maximum absolute atomic E-state index is 12.5. The summed E-state index contributed by atoms with van der Waals surface area (Å²) in [6.45, 7) is 0. The average Bonchev–Trinajstić information content (AvgIpc) is 2.69. The number of hydrogen-bond donors (Lipinski definition) is 1. The zero-order valence-corrected chi connectivity index (χ0v) is 17.1. The summed E-state index contributed by atoms with van der Waals surface area (Å²) in [7, 11) is -3.37. The van der Waals surface area contributed by atoms with Gasteiger partial charge in [0.2, 0.25) is 10.0 Å². The molecule has 0 amide bonds. The Hall–Kier alpha value is -2.11. The van der Waals surface area contributed by atoms with E-state index in [0.29, 0.717) is 16.6 Å². The zero-order valence-electron chi connectivity index (χ0n) is 15.5. The van der Waals surface area contributed by atoms with Gasteiger partial charge in [0.25, 0.3) is 0 Å². The predicted octanol–water partition coefficient (Wildman–Crippen LogP) is 5.60. The van der Waals surface area contributed by atoms with E-state index in [0.717, 1.165) is 31.2 Å². The normalized spacial score (nSPS) is 20.2. The van der Waals surface area contributed by atoms with E-state index in [-0.39, 0.29) is 11.7 Å². The second-order valence-corrected chi connectivity index (χ2v) is 9.73. The van der Waals surface area contributed by atoms with Crippen LogP contribution in [0.5, 0.6) is 0 Å². The van der Waals surface area contributed by atoms with E-state index >= 15 is 0 Å². The van der Waals surface area contributed by atoms with Crippen LogP contribution in [0.2, 0.25) is 5.02 Å². The van der Waals surface area contributed by atoms with E-state index in [4.69, 9.17) is 11.6 Å². The highest BCUT2D eigenvalue weighted by Gasteiger charge is 2.27. The van der Waals surface area contributed by atoms with Crippen molar-refractivity contribution in [3.05, 3.63) is 71.4 Å². The van der Waals surface area contributed by atoms with Gasteiger partial charge in [-0.3, -0.25) is 9.71 Å². The minimum absolute atomic E-state index is 0.166. The molecule has 1 N–H and O–H groups in total. The summed E-state index contributed by atoms with van der Waals surface area (Å²) in [6.07, 6.45) is 5.74. The molecule has 1 saturated carbocycles. The maximum Gasteiger partial charge on any atom is 0.232 e. The van der Waals surface area contributed by atoms with Crippen LogP contribution in [0.3, 0.4) is 0 Å². The minimum atomic E-state index is -3.37. The number of sulfonamides is 1. The Balaban J connectivity index is 1.39. The highest BCUT2D eigenvalue weighted by molar-refractivity contribution is 7.92. The number of nitrogens with zero attached hydrogens (tertiary/aromatic N) is 1. The van der Waals surface area contributed by atoms with Gasteiger partial charge in [0, 0.05) is 22.3 Å². The van der Waals surface area contributed by atoms with E-state index in [2.05, 4.69) is 21.8 Å². The minimum Gasteiger partial charge on any atom is -0.284 e. The van der Waals surface area contributed by atoms with Crippen LogP contribution in [0.15, 0.2) is 60.8 Å². The van der Waals surface area contributed by atoms with Gasteiger partial charge in [-0.15, -0.1) is 0 Å². The third kappa shape index (κ3) is 4.47. The van der Waals surface area contributed by atoms with Crippen LogP contribution in [-0.2, 0) is 10.0 Å². The molecule has 3 aromatic rings. The predicted molar refractivity (Wildman–Crippen MR) is 115 cm³/mol. The van der Waals surface area contributed by atoms with E-state index in [9.17, 15) is 8.42 Å². The van der Waals surface area contributed by atoms with Crippen LogP contribution in [0.4, 0.5) is 5.69 Å². The van der Waals surface area contributed by atoms with Gasteiger partial charge in [0.15, 0.2) is 0 Å². The lowest BCUT2D eigenvalue weighted by Crippen LogP contribution is -2.25. The molecule has 0 bridgehead atoms. The van der Waals surface area contributed by atoms with Crippen LogP contribution in [0.1, 0.15) is 37.2 Å². The Morgan fingerprint density at radius 1 is 0.964 bits per heavy atom. The first-order chi connectivity index (χ1) is 13.5. The number of fused-ring (bicyclic) bond motifs is 1. The fraction of sp³-hybridized carbons (Fsp3) is 0.318. The number of hydrogen-bond acceptors (Lipinski definition) is 3. The van der Waals surface area contributed by atoms with Crippen molar-refractivity contribution < 1.29 is 8.42 Å². The first-order valence-corrected chi connectivity index (χ1v) is 11.6. The highest BCUT2D eigenvalue weighted by Crippen LogP contribution is 2.38. The average molecular weight is 415 g/mol. The van der Waals surface area contributed by atoms with Crippen LogP contribution >= 0.6 is 11.6 Å². The van der Waals surface area contributed by atoms with Gasteiger partial charge in [-0.25, -0.2) is 8.42 Å². The molecular formula is C22H23ClN2O2S. The topological polar surface area (TPSA) is 59.1 Å². The van der Waals surface area contributed by atoms with E-state index in [1.54, 1.807) is 24.3 Å². The standard InChI is InChI=1S/C22H23ClN2O2S/c23-18-9-11-19(12-10-18)25-28(26,27)15-16-5-7-17(8-6-16)20-13-14-24-22-4-2-1-3-21(20)22/h1-4,9-14,16-17,25H,5-8,15H2. The Bertz CT molecular complexity index is 1050. The highest BCUT2D eigenvalue weighted by atomic mass is 35.5. The van der Waals surface area contributed by atoms with Crippen LogP contribution in [0.25, 0.3) is 10.9 Å². The third-order valence-corrected chi connectivity index (χ3v) is 7.25. The second-order valence-electron chi connectivity index (χ2n) is 7.53. The molecule has 0 atom stereocenters. The van der Waals surface area contributed by atoms with Gasteiger partial charge < -0.3 is 0 Å². The SMILES string of the molecule is O=S(=O)(CC1CCC(c2ccnc3ccccc23)CC1)Nc1ccc(Cl)cc1. The van der Waals surface area contributed by atoms with Crippen molar-refractivity contribution in [2.24, 2.45) is 5.92 Å². The molecule has 2 aromatic carbocycles. The fourth-order valence-corrected chi connectivity index (χ4v) is 5.82. The van der Waals surface area contributed by atoms with Gasteiger partial charge in [-0.1, -0.05) is 29.8 Å². The monoisotopic (exact) mass is 414 g/mol. The number of pyridine rings is 1. The zero-order chi connectivity index (χ0) is 19.6. The van der Waals surface area contributed by atoms with E-state index < -0.39 is 10.0 Å². The number of para-hydroxylation sites is 1. The molecule has 1 fully saturated rings. The largest absolute Gasteiger partial charge is 0.284 e. The van der Waals surface area contributed by atoms with Crippen molar-refractivity contribution in [2.75, 3.05) is 10.5 Å². The number of nitrogens with one attached hydrogen (secondary N) is 1. The number of rotatable bonds is 5. The smallest absolute Gasteiger partial charge is 0.232 e. The Labute approximate surface area is 171 Å². The van der Waals surface area contributed by atoms with Crippen LogP contribution < -0.4 is 4.72 Å². The molecule has 0 spiro atoms. The number of anilines is 1. The summed E-state index contributed by atoms with van der Waals surface area (Å²) in [4.78, 5) is 4.45. The number of aromatic nitrogens is 1. The lowest BCUT2D eigenvalue weighted by Gasteiger charge is -2.29. The first kappa shape index (κ1) is 19.2. The van der Waals surface area contributed by atoms with Crippen molar-refractivity contribution in [3.63, 3.8) is 0 Å². The second kappa shape index (κ2) is 8.10. The van der Waals surface area contributed by atoms with Crippen molar-refractivity contribution in [2.45, 2.75) is 31.6 Å². The molecule has 1 aliphatic carbocycles. The van der Waals surface area contributed by atoms with Gasteiger partial charge in [0.1, 0.15) is 0 Å². The van der Waals surface area contributed by atoms with Crippen molar-refractivity contribution in [3.8, 4) is 0 Å². The van der Waals surface area contributed by atoms with Gasteiger partial charge in [-0.2, -0.15) is 0 Å². The summed E-state index contributed by atoms with van der Waals surface area (Å²) >= 11 is 5.86. The molecule has 146 valence electrons. The Kier molecular flexibility index (Phi) is 5.56. The molecule has 1 aliphatic rings. The van der Waals surface area contributed by atoms with Crippen molar-refractivity contribution in [1.82, 2.24) is 4.98 Å². The summed E-state index contributed by atoms with van der Waals surface area (Å²) in [5.74, 6) is 0.824. The molecule has 0 unspecified atom stereocenters. The first-order valence-electron chi connectivity index (χ1n) is 9.60. The van der Waals surface area contributed by atoms with Crippen LogP contribution in [-0.4, -0.2) is 19.2 Å². The number of benzene rings is 2. The molecule has 28 heavy (non-hydrogen) atoms. The lowest BCUT2D eigenvalue weighted by molar-refractivity contribution is 0.350. The Morgan fingerprint density at radius 2 is 1.68 bits per heavy atom. The third-order valence-electron chi connectivity index (χ3n) is 5.54. The molecule has 6 heteroatoms. The molecule has 4 nitrogen and oxygen atoms in total. The summed E-state index contributed by atoms with van der Waals surface area (Å²) in [5.41, 5.74) is 2.92. The molecule has 1 heterocycles. The van der Waals surface area contributed by atoms with E-state index in [1.807, 2.05) is 24.4 Å². The lowest BCUT2D eigenvalue weighted by atomic mass is 9.78. The fourth-order valence-electron chi connectivity index (χ4n) is 4.16. The number of halogens is 1. The molecule has 4 rings (SSSR count). The Morgan fingerprint density at radius 3 is 2.43 bits per heavy atom. The van der Waals surface area contributed by atoms with Crippen molar-refractivity contribution in [1.29, 1.82) is 0 Å². The maximum atomic E-state index is 12.5. The summed E-state index contributed by atoms with van der Waals surface area (Å²) in [5, 5.41) is 1.80. The summed E-state index contributed by atoms with van der Waals surface area (Å²) in [6, 6.07) is 17.1. The quantitative estimate of drug-likeness (QED) is 0.590.